The van der Waals surface area contributed by atoms with Crippen LogP contribution in [-0.2, 0) is 0 Å². The molecule has 1 atom stereocenters. The summed E-state index contributed by atoms with van der Waals surface area (Å²) in [5.74, 6) is 0. The van der Waals surface area contributed by atoms with Crippen molar-refractivity contribution in [1.82, 2.24) is 14.5 Å². The van der Waals surface area contributed by atoms with Crippen LogP contribution in [0.25, 0.3) is 104 Å². The number of para-hydroxylation sites is 3. The Morgan fingerprint density at radius 2 is 0.823 bits per heavy atom. The highest BCUT2D eigenvalue weighted by Gasteiger charge is 2.19. The first-order valence-corrected chi connectivity index (χ1v) is 21.5. The van der Waals surface area contributed by atoms with Gasteiger partial charge in [0.15, 0.2) is 0 Å². The van der Waals surface area contributed by atoms with Crippen molar-refractivity contribution in [3.05, 3.63) is 236 Å². The molecule has 0 aliphatic carbocycles. The average Bonchev–Trinajstić information content (AvgIpc) is 3.86. The van der Waals surface area contributed by atoms with Crippen molar-refractivity contribution in [2.24, 2.45) is 0 Å². The van der Waals surface area contributed by atoms with Gasteiger partial charge in [0, 0.05) is 38.6 Å². The third-order valence-corrected chi connectivity index (χ3v) is 13.1. The first-order valence-electron chi connectivity index (χ1n) is 21.5. The summed E-state index contributed by atoms with van der Waals surface area (Å²) in [6.45, 7) is 0. The molecule has 2 aromatic heterocycles. The maximum Gasteiger partial charge on any atom is 0.0701 e. The smallest absolute Gasteiger partial charge is 0.0701 e. The van der Waals surface area contributed by atoms with Crippen LogP contribution in [0.2, 0.25) is 0 Å². The summed E-state index contributed by atoms with van der Waals surface area (Å²) in [5.41, 5.74) is 13.0. The zero-order valence-electron chi connectivity index (χ0n) is 33.8. The summed E-state index contributed by atoms with van der Waals surface area (Å²) < 4.78 is 4.80. The van der Waals surface area contributed by atoms with E-state index in [0.29, 0.717) is 0 Å². The average molecular weight is 790 g/mol. The molecule has 62 heavy (non-hydrogen) atoms. The molecule has 290 valence electrons. The number of rotatable bonds is 5. The van der Waals surface area contributed by atoms with Gasteiger partial charge in [-0.3, -0.25) is 0 Å². The standard InChI is InChI=1S/C59H39N3/c1-2-15-42(16-3-1)61-56-26-10-8-22-49(56)52-35-38(29-32-58(52)61)39-30-33-59-53(36-39)50-23-9-11-27-57(50)62(59)43-17-12-14-40(34-43)54-24-13-25-55(60-54)41-28-31-48-46-20-5-4-18-44(46)45-19-6-7-21-47(45)51(48)37-41/h1-37,55,60H. The third kappa shape index (κ3) is 5.32. The summed E-state index contributed by atoms with van der Waals surface area (Å²) in [6.07, 6.45) is 6.66. The molecule has 13 rings (SSSR count). The minimum Gasteiger partial charge on any atom is -0.374 e. The van der Waals surface area contributed by atoms with Gasteiger partial charge in [0.25, 0.3) is 0 Å². The second-order valence-electron chi connectivity index (χ2n) is 16.5. The molecule has 0 bridgehead atoms. The van der Waals surface area contributed by atoms with E-state index in [2.05, 4.69) is 239 Å². The minimum atomic E-state index is 0.0362. The maximum atomic E-state index is 3.91. The normalized spacial score (nSPS) is 14.1. The molecule has 0 saturated heterocycles. The van der Waals surface area contributed by atoms with Crippen LogP contribution in [-0.4, -0.2) is 9.13 Å². The first-order chi connectivity index (χ1) is 30.7. The molecular weight excluding hydrogens is 751 g/mol. The van der Waals surface area contributed by atoms with E-state index in [0.717, 1.165) is 16.9 Å². The Morgan fingerprint density at radius 1 is 0.323 bits per heavy atom. The van der Waals surface area contributed by atoms with E-state index in [1.54, 1.807) is 0 Å². The number of nitrogens with one attached hydrogen (secondary N) is 1. The van der Waals surface area contributed by atoms with Gasteiger partial charge in [-0.1, -0.05) is 152 Å². The highest BCUT2D eigenvalue weighted by atomic mass is 15.0. The Kier molecular flexibility index (Phi) is 7.67. The van der Waals surface area contributed by atoms with E-state index in [-0.39, 0.29) is 6.04 Å². The lowest BCUT2D eigenvalue weighted by atomic mass is 9.91. The lowest BCUT2D eigenvalue weighted by Gasteiger charge is -2.24. The Bertz CT molecular complexity index is 3810. The van der Waals surface area contributed by atoms with Gasteiger partial charge in [-0.2, -0.15) is 0 Å². The number of nitrogens with zero attached hydrogens (tertiary/aromatic N) is 2. The Morgan fingerprint density at radius 3 is 1.45 bits per heavy atom. The van der Waals surface area contributed by atoms with Crippen LogP contribution >= 0.6 is 0 Å². The predicted octanol–water partition coefficient (Wildman–Crippen LogP) is 15.2. The molecule has 0 spiro atoms. The lowest BCUT2D eigenvalue weighted by Crippen LogP contribution is -2.20. The molecule has 0 radical (unpaired) electrons. The van der Waals surface area contributed by atoms with E-state index in [9.17, 15) is 0 Å². The monoisotopic (exact) mass is 789 g/mol. The van der Waals surface area contributed by atoms with E-state index in [1.165, 1.54) is 98.3 Å². The fraction of sp³-hybridized carbons (Fsp3) is 0.0169. The number of fused-ring (bicyclic) bond motifs is 12. The van der Waals surface area contributed by atoms with Crippen LogP contribution in [0.15, 0.2) is 224 Å². The van der Waals surface area contributed by atoms with E-state index >= 15 is 0 Å². The van der Waals surface area contributed by atoms with E-state index in [1.807, 2.05) is 0 Å². The van der Waals surface area contributed by atoms with Crippen LogP contribution in [0.4, 0.5) is 0 Å². The Labute approximate surface area is 358 Å². The third-order valence-electron chi connectivity index (χ3n) is 13.1. The van der Waals surface area contributed by atoms with Crippen molar-refractivity contribution in [3.8, 4) is 22.5 Å². The molecule has 1 unspecified atom stereocenters. The minimum absolute atomic E-state index is 0.0362. The molecule has 0 amide bonds. The van der Waals surface area contributed by atoms with Crippen molar-refractivity contribution in [1.29, 1.82) is 0 Å². The summed E-state index contributed by atoms with van der Waals surface area (Å²) in [7, 11) is 0. The van der Waals surface area contributed by atoms with Gasteiger partial charge in [-0.25, -0.2) is 0 Å². The van der Waals surface area contributed by atoms with Gasteiger partial charge >= 0.3 is 0 Å². The summed E-state index contributed by atoms with van der Waals surface area (Å²) in [6, 6.07) is 75.7. The molecular formula is C59H39N3. The molecule has 0 fully saturated rings. The van der Waals surface area contributed by atoms with Gasteiger partial charge in [-0.15, -0.1) is 0 Å². The second kappa shape index (κ2) is 13.7. The molecule has 1 N–H and O–H groups in total. The maximum absolute atomic E-state index is 3.91. The molecule has 1 aliphatic rings. The first kappa shape index (κ1) is 34.7. The largest absolute Gasteiger partial charge is 0.374 e. The van der Waals surface area contributed by atoms with Crippen LogP contribution in [0.3, 0.4) is 0 Å². The van der Waals surface area contributed by atoms with Crippen molar-refractivity contribution >= 4 is 81.6 Å². The van der Waals surface area contributed by atoms with Crippen molar-refractivity contribution in [2.45, 2.75) is 6.04 Å². The zero-order chi connectivity index (χ0) is 40.7. The van der Waals surface area contributed by atoms with Crippen LogP contribution in [0.1, 0.15) is 17.2 Å². The molecule has 3 nitrogen and oxygen atoms in total. The SMILES string of the molecule is C1=CC(c2ccc3c4ccccc4c4ccccc4c3c2)NC(c2cccc(-n3c4ccccc4c4cc(-c5ccc6c(c5)c5ccccc5n6-c5ccccc5)ccc43)c2)=C1. The number of dihydropyridines is 1. The molecule has 10 aromatic carbocycles. The van der Waals surface area contributed by atoms with Gasteiger partial charge in [0.05, 0.1) is 28.1 Å². The summed E-state index contributed by atoms with van der Waals surface area (Å²) in [5, 5.41) is 16.7. The summed E-state index contributed by atoms with van der Waals surface area (Å²) >= 11 is 0. The fourth-order valence-electron chi connectivity index (χ4n) is 10.3. The highest BCUT2D eigenvalue weighted by molar-refractivity contribution is 6.25. The van der Waals surface area contributed by atoms with Gasteiger partial charge in [0.1, 0.15) is 0 Å². The number of aromatic nitrogens is 2. The van der Waals surface area contributed by atoms with Gasteiger partial charge in [-0.05, 0) is 127 Å². The zero-order valence-corrected chi connectivity index (χ0v) is 33.8. The number of hydrogen-bond donors (Lipinski definition) is 1. The number of allylic oxidation sites excluding steroid dienone is 2. The highest BCUT2D eigenvalue weighted by Crippen LogP contribution is 2.40. The van der Waals surface area contributed by atoms with Crippen LogP contribution in [0, 0.1) is 0 Å². The molecule has 0 saturated carbocycles. The predicted molar refractivity (Wildman–Crippen MR) is 263 cm³/mol. The van der Waals surface area contributed by atoms with E-state index in [4.69, 9.17) is 0 Å². The molecule has 3 heteroatoms. The molecule has 3 heterocycles. The van der Waals surface area contributed by atoms with Gasteiger partial charge < -0.3 is 14.5 Å². The van der Waals surface area contributed by atoms with Crippen molar-refractivity contribution in [2.75, 3.05) is 0 Å². The quantitative estimate of drug-likeness (QED) is 0.172. The molecule has 12 aromatic rings. The number of hydrogen-bond acceptors (Lipinski definition) is 1. The topological polar surface area (TPSA) is 21.9 Å². The van der Waals surface area contributed by atoms with E-state index < -0.39 is 0 Å². The molecule has 1 aliphatic heterocycles. The number of benzene rings is 10. The van der Waals surface area contributed by atoms with Gasteiger partial charge in [0.2, 0.25) is 0 Å². The Balaban J connectivity index is 0.870. The lowest BCUT2D eigenvalue weighted by molar-refractivity contribution is 0.765. The van der Waals surface area contributed by atoms with Crippen LogP contribution < -0.4 is 5.32 Å². The van der Waals surface area contributed by atoms with Crippen molar-refractivity contribution < 1.29 is 0 Å². The second-order valence-corrected chi connectivity index (χ2v) is 16.5. The summed E-state index contributed by atoms with van der Waals surface area (Å²) in [4.78, 5) is 0. The van der Waals surface area contributed by atoms with Crippen molar-refractivity contribution in [3.63, 3.8) is 0 Å². The van der Waals surface area contributed by atoms with Crippen LogP contribution in [0.5, 0.6) is 0 Å². The Hall–Kier alpha value is -8.14. The fourth-order valence-corrected chi connectivity index (χ4v) is 10.3.